The van der Waals surface area contributed by atoms with Crippen LogP contribution < -0.4 is 0 Å². The Morgan fingerprint density at radius 1 is 1.19 bits per heavy atom. The van der Waals surface area contributed by atoms with E-state index in [4.69, 9.17) is 10.2 Å². The molecule has 0 atom stereocenters. The summed E-state index contributed by atoms with van der Waals surface area (Å²) in [6.07, 6.45) is -4.42. The summed E-state index contributed by atoms with van der Waals surface area (Å²) in [6.45, 7) is -2.50. The monoisotopic (exact) mass is 305 g/mol. The Hall–Kier alpha value is -1.62. The average molecular weight is 305 g/mol. The first-order chi connectivity index (χ1) is 9.85. The zero-order chi connectivity index (χ0) is 15.9. The topological polar surface area (TPSA) is 43.7 Å². The molecule has 116 valence electrons. The van der Waals surface area contributed by atoms with Gasteiger partial charge in [-0.25, -0.2) is 4.39 Å². The molecule has 2 N–H and O–H groups in total. The minimum Gasteiger partial charge on any atom is -0.395 e. The Labute approximate surface area is 119 Å². The summed E-state index contributed by atoms with van der Waals surface area (Å²) in [5.41, 5.74) is 0.414. The average Bonchev–Trinajstić information content (AvgIpc) is 2.37. The van der Waals surface area contributed by atoms with Gasteiger partial charge in [0.25, 0.3) is 0 Å². The van der Waals surface area contributed by atoms with Gasteiger partial charge in [-0.05, 0) is 12.1 Å². The smallest absolute Gasteiger partial charge is 0.395 e. The van der Waals surface area contributed by atoms with Gasteiger partial charge in [0.2, 0.25) is 0 Å². The van der Waals surface area contributed by atoms with Crippen LogP contribution in [0.25, 0.3) is 0 Å². The standard InChI is InChI=1S/C14H15F4NO2/c15-13-8-11(2-1-6-20)3-4-12(13)9-19(5-7-21)10-14(16,17)18/h3-4,8,20-21H,5-7,9-10H2. The van der Waals surface area contributed by atoms with E-state index in [9.17, 15) is 17.6 Å². The highest BCUT2D eigenvalue weighted by Gasteiger charge is 2.30. The molecule has 0 aromatic heterocycles. The molecule has 0 heterocycles. The van der Waals surface area contributed by atoms with Gasteiger partial charge in [0.15, 0.2) is 0 Å². The molecule has 0 fully saturated rings. The molecule has 0 aliphatic carbocycles. The van der Waals surface area contributed by atoms with E-state index in [1.807, 2.05) is 0 Å². The lowest BCUT2D eigenvalue weighted by Gasteiger charge is -2.23. The van der Waals surface area contributed by atoms with Gasteiger partial charge in [-0.1, -0.05) is 17.9 Å². The van der Waals surface area contributed by atoms with Crippen molar-refractivity contribution in [1.82, 2.24) is 4.90 Å². The van der Waals surface area contributed by atoms with Crippen LogP contribution in [0.1, 0.15) is 11.1 Å². The van der Waals surface area contributed by atoms with E-state index in [1.165, 1.54) is 12.1 Å². The van der Waals surface area contributed by atoms with E-state index >= 15 is 0 Å². The molecule has 0 saturated carbocycles. The van der Waals surface area contributed by atoms with Crippen LogP contribution in [0.4, 0.5) is 17.6 Å². The largest absolute Gasteiger partial charge is 0.401 e. The van der Waals surface area contributed by atoms with Crippen LogP contribution in [0.2, 0.25) is 0 Å². The maximum absolute atomic E-state index is 13.8. The van der Waals surface area contributed by atoms with Crippen molar-refractivity contribution < 1.29 is 27.8 Å². The van der Waals surface area contributed by atoms with Gasteiger partial charge in [-0.3, -0.25) is 4.90 Å². The summed E-state index contributed by atoms with van der Waals surface area (Å²) in [4.78, 5) is 0.914. The van der Waals surface area contributed by atoms with Crippen molar-refractivity contribution >= 4 is 0 Å². The maximum atomic E-state index is 13.8. The SMILES string of the molecule is OCC#Cc1ccc(CN(CCO)CC(F)(F)F)c(F)c1. The van der Waals surface area contributed by atoms with Crippen LogP contribution in [-0.4, -0.2) is 47.6 Å². The van der Waals surface area contributed by atoms with Crippen molar-refractivity contribution in [2.45, 2.75) is 12.7 Å². The minimum atomic E-state index is -4.42. The third kappa shape index (κ3) is 6.58. The highest BCUT2D eigenvalue weighted by atomic mass is 19.4. The number of aliphatic hydroxyl groups is 2. The second-order valence-corrected chi connectivity index (χ2v) is 4.32. The minimum absolute atomic E-state index is 0.0854. The lowest BCUT2D eigenvalue weighted by Crippen LogP contribution is -2.36. The molecule has 0 spiro atoms. The van der Waals surface area contributed by atoms with Crippen LogP contribution in [0, 0.1) is 17.7 Å². The number of hydrogen-bond donors (Lipinski definition) is 2. The molecule has 0 bridgehead atoms. The third-order valence-electron chi connectivity index (χ3n) is 2.58. The fraction of sp³-hybridized carbons (Fsp3) is 0.429. The molecule has 1 aromatic carbocycles. The predicted octanol–water partition coefficient (Wildman–Crippen LogP) is 1.53. The molecule has 7 heteroatoms. The normalized spacial score (nSPS) is 11.4. The molecule has 0 unspecified atom stereocenters. The van der Waals surface area contributed by atoms with E-state index in [2.05, 4.69) is 11.8 Å². The van der Waals surface area contributed by atoms with Gasteiger partial charge in [0.05, 0.1) is 13.2 Å². The van der Waals surface area contributed by atoms with E-state index in [-0.39, 0.29) is 25.3 Å². The number of alkyl halides is 3. The van der Waals surface area contributed by atoms with Crippen LogP contribution in [0.3, 0.4) is 0 Å². The number of halogens is 4. The second-order valence-electron chi connectivity index (χ2n) is 4.32. The van der Waals surface area contributed by atoms with E-state index in [0.29, 0.717) is 5.56 Å². The van der Waals surface area contributed by atoms with E-state index in [0.717, 1.165) is 11.0 Å². The van der Waals surface area contributed by atoms with Gasteiger partial charge in [0, 0.05) is 24.2 Å². The summed E-state index contributed by atoms with van der Waals surface area (Å²) in [5, 5.41) is 17.3. The summed E-state index contributed by atoms with van der Waals surface area (Å²) in [5.74, 6) is 4.18. The molecule has 3 nitrogen and oxygen atoms in total. The first kappa shape index (κ1) is 17.4. The molecule has 0 aliphatic rings. The fourth-order valence-electron chi connectivity index (χ4n) is 1.74. The zero-order valence-corrected chi connectivity index (χ0v) is 11.1. The van der Waals surface area contributed by atoms with E-state index in [1.54, 1.807) is 0 Å². The predicted molar refractivity (Wildman–Crippen MR) is 68.8 cm³/mol. The molecule has 0 aliphatic heterocycles. The van der Waals surface area contributed by atoms with Gasteiger partial charge in [-0.2, -0.15) is 13.2 Å². The van der Waals surface area contributed by atoms with Crippen molar-refractivity contribution in [3.05, 3.63) is 35.1 Å². The summed E-state index contributed by atoms with van der Waals surface area (Å²) in [6, 6.07) is 3.91. The summed E-state index contributed by atoms with van der Waals surface area (Å²) >= 11 is 0. The van der Waals surface area contributed by atoms with Crippen molar-refractivity contribution in [1.29, 1.82) is 0 Å². The fourth-order valence-corrected chi connectivity index (χ4v) is 1.74. The first-order valence-corrected chi connectivity index (χ1v) is 6.14. The van der Waals surface area contributed by atoms with Crippen molar-refractivity contribution in [2.24, 2.45) is 0 Å². The summed E-state index contributed by atoms with van der Waals surface area (Å²) < 4.78 is 50.9. The van der Waals surface area contributed by atoms with Gasteiger partial charge < -0.3 is 10.2 Å². The quantitative estimate of drug-likeness (QED) is 0.640. The van der Waals surface area contributed by atoms with E-state index < -0.39 is 25.1 Å². The maximum Gasteiger partial charge on any atom is 0.401 e. The first-order valence-electron chi connectivity index (χ1n) is 6.14. The Balaban J connectivity index is 2.84. The van der Waals surface area contributed by atoms with Gasteiger partial charge >= 0.3 is 6.18 Å². The van der Waals surface area contributed by atoms with Crippen molar-refractivity contribution in [3.8, 4) is 11.8 Å². The summed E-state index contributed by atoms with van der Waals surface area (Å²) in [7, 11) is 0. The van der Waals surface area contributed by atoms with Crippen LogP contribution in [0.15, 0.2) is 18.2 Å². The Bertz CT molecular complexity index is 520. The number of nitrogens with zero attached hydrogens (tertiary/aromatic N) is 1. The number of benzene rings is 1. The Morgan fingerprint density at radius 2 is 1.90 bits per heavy atom. The van der Waals surface area contributed by atoms with Crippen LogP contribution in [-0.2, 0) is 6.54 Å². The lowest BCUT2D eigenvalue weighted by atomic mass is 10.1. The molecule has 0 amide bonds. The number of rotatable bonds is 5. The number of hydrogen-bond acceptors (Lipinski definition) is 3. The number of aliphatic hydroxyl groups excluding tert-OH is 2. The molecular weight excluding hydrogens is 290 g/mol. The van der Waals surface area contributed by atoms with Crippen molar-refractivity contribution in [3.63, 3.8) is 0 Å². The second kappa shape index (κ2) is 7.98. The Kier molecular flexibility index (Phi) is 6.62. The van der Waals surface area contributed by atoms with Crippen LogP contribution >= 0.6 is 0 Å². The lowest BCUT2D eigenvalue weighted by molar-refractivity contribution is -0.148. The third-order valence-corrected chi connectivity index (χ3v) is 2.58. The molecule has 21 heavy (non-hydrogen) atoms. The van der Waals surface area contributed by atoms with Gasteiger partial charge in [0.1, 0.15) is 12.4 Å². The highest BCUT2D eigenvalue weighted by Crippen LogP contribution is 2.19. The molecule has 0 radical (unpaired) electrons. The highest BCUT2D eigenvalue weighted by molar-refractivity contribution is 5.37. The molecule has 1 aromatic rings. The Morgan fingerprint density at radius 3 is 2.43 bits per heavy atom. The van der Waals surface area contributed by atoms with Gasteiger partial charge in [-0.15, -0.1) is 0 Å². The molecule has 1 rings (SSSR count). The zero-order valence-electron chi connectivity index (χ0n) is 11.1. The van der Waals surface area contributed by atoms with Crippen LogP contribution in [0.5, 0.6) is 0 Å². The van der Waals surface area contributed by atoms with Crippen molar-refractivity contribution in [2.75, 3.05) is 26.3 Å². The molecular formula is C14H15F4NO2. The molecule has 0 saturated heterocycles.